The highest BCUT2D eigenvalue weighted by Crippen LogP contribution is 2.26. The lowest BCUT2D eigenvalue weighted by molar-refractivity contribution is 0.0374. The molecule has 1 saturated heterocycles. The van der Waals surface area contributed by atoms with Crippen molar-refractivity contribution >= 4 is 29.9 Å². The number of hydrogen-bond donors (Lipinski definition) is 3. The quantitative estimate of drug-likeness (QED) is 0.278. The molecule has 0 aliphatic carbocycles. The van der Waals surface area contributed by atoms with Crippen LogP contribution in [-0.4, -0.2) is 58.6 Å². The summed E-state index contributed by atoms with van der Waals surface area (Å²) in [7, 11) is 0. The molecule has 176 valence electrons. The van der Waals surface area contributed by atoms with E-state index in [0.29, 0.717) is 12.6 Å². The molecule has 0 amide bonds. The van der Waals surface area contributed by atoms with Gasteiger partial charge in [0.25, 0.3) is 0 Å². The summed E-state index contributed by atoms with van der Waals surface area (Å²) in [5.74, 6) is 1.94. The summed E-state index contributed by atoms with van der Waals surface area (Å²) < 4.78 is 7.67. The van der Waals surface area contributed by atoms with Gasteiger partial charge in [-0.3, -0.25) is 4.99 Å². The number of benzene rings is 1. The van der Waals surface area contributed by atoms with Crippen molar-refractivity contribution in [1.82, 2.24) is 30.7 Å². The second-order valence-electron chi connectivity index (χ2n) is 8.60. The topological polar surface area (TPSA) is 88.4 Å². The summed E-state index contributed by atoms with van der Waals surface area (Å²) in [6, 6.07) is 11.2. The van der Waals surface area contributed by atoms with Gasteiger partial charge >= 0.3 is 0 Å². The van der Waals surface area contributed by atoms with Gasteiger partial charge < -0.3 is 20.7 Å². The minimum absolute atomic E-state index is 0. The molecule has 2 aliphatic rings. The van der Waals surface area contributed by atoms with Crippen LogP contribution in [0.4, 0.5) is 0 Å². The van der Waals surface area contributed by atoms with E-state index in [1.807, 2.05) is 4.68 Å². The fourth-order valence-electron chi connectivity index (χ4n) is 4.49. The molecule has 3 heterocycles. The van der Waals surface area contributed by atoms with Crippen molar-refractivity contribution in [2.24, 2.45) is 4.99 Å². The Bertz CT molecular complexity index is 851. The van der Waals surface area contributed by atoms with Gasteiger partial charge in [0, 0.05) is 43.8 Å². The highest BCUT2D eigenvalue weighted by molar-refractivity contribution is 14.0. The number of halogens is 1. The Balaban J connectivity index is 0.00000289. The van der Waals surface area contributed by atoms with Gasteiger partial charge in [0.1, 0.15) is 12.2 Å². The van der Waals surface area contributed by atoms with E-state index in [0.717, 1.165) is 63.8 Å². The molecule has 32 heavy (non-hydrogen) atoms. The Labute approximate surface area is 208 Å². The van der Waals surface area contributed by atoms with E-state index in [4.69, 9.17) is 9.73 Å². The summed E-state index contributed by atoms with van der Waals surface area (Å²) in [5, 5.41) is 15.3. The highest BCUT2D eigenvalue weighted by atomic mass is 127. The molecule has 0 saturated carbocycles. The molecular weight excluding hydrogens is 517 g/mol. The average molecular weight is 553 g/mol. The lowest BCUT2D eigenvalue weighted by atomic mass is 9.88. The second kappa shape index (κ2) is 11.9. The van der Waals surface area contributed by atoms with Gasteiger partial charge in [-0.1, -0.05) is 30.3 Å². The van der Waals surface area contributed by atoms with Gasteiger partial charge in [-0.2, -0.15) is 5.10 Å². The number of rotatable bonds is 7. The van der Waals surface area contributed by atoms with Crippen LogP contribution in [0.5, 0.6) is 0 Å². The molecule has 0 radical (unpaired) electrons. The molecule has 0 bridgehead atoms. The minimum Gasteiger partial charge on any atom is -0.381 e. The van der Waals surface area contributed by atoms with E-state index in [2.05, 4.69) is 70.2 Å². The molecule has 1 fully saturated rings. The third-order valence-electron chi connectivity index (χ3n) is 6.30. The van der Waals surface area contributed by atoms with Gasteiger partial charge in [-0.25, -0.2) is 9.67 Å². The first-order valence-corrected chi connectivity index (χ1v) is 11.5. The Morgan fingerprint density at radius 3 is 2.81 bits per heavy atom. The molecule has 3 N–H and O–H groups in total. The average Bonchev–Trinajstić information content (AvgIpc) is 3.27. The van der Waals surface area contributed by atoms with Crippen LogP contribution in [0, 0.1) is 0 Å². The van der Waals surface area contributed by atoms with Crippen LogP contribution in [0.2, 0.25) is 0 Å². The summed E-state index contributed by atoms with van der Waals surface area (Å²) in [6.07, 6.45) is 5.53. The second-order valence-corrected chi connectivity index (χ2v) is 8.60. The van der Waals surface area contributed by atoms with Gasteiger partial charge in [-0.15, -0.1) is 24.0 Å². The van der Waals surface area contributed by atoms with Crippen LogP contribution >= 0.6 is 24.0 Å². The van der Waals surface area contributed by atoms with Crippen molar-refractivity contribution in [3.8, 4) is 0 Å². The lowest BCUT2D eigenvalue weighted by Gasteiger charge is -2.39. The van der Waals surface area contributed by atoms with Crippen molar-refractivity contribution in [2.75, 3.05) is 26.3 Å². The van der Waals surface area contributed by atoms with E-state index >= 15 is 0 Å². The lowest BCUT2D eigenvalue weighted by Crippen LogP contribution is -2.54. The maximum absolute atomic E-state index is 5.68. The number of guanidine groups is 1. The van der Waals surface area contributed by atoms with E-state index < -0.39 is 0 Å². The van der Waals surface area contributed by atoms with Crippen molar-refractivity contribution in [3.05, 3.63) is 48.0 Å². The third kappa shape index (κ3) is 6.41. The zero-order chi connectivity index (χ0) is 21.5. The monoisotopic (exact) mass is 553 g/mol. The number of aryl methyl sites for hydroxylation is 1. The maximum Gasteiger partial charge on any atom is 0.191 e. The van der Waals surface area contributed by atoms with Crippen LogP contribution in [0.1, 0.15) is 50.5 Å². The van der Waals surface area contributed by atoms with Gasteiger partial charge in [-0.05, 0) is 38.7 Å². The van der Waals surface area contributed by atoms with Crippen molar-refractivity contribution in [2.45, 2.75) is 63.7 Å². The highest BCUT2D eigenvalue weighted by Gasteiger charge is 2.34. The fraction of sp³-hybridized carbons (Fsp3) is 0.609. The molecule has 1 aromatic heterocycles. The first-order chi connectivity index (χ1) is 15.2. The Morgan fingerprint density at radius 2 is 2.06 bits per heavy atom. The molecule has 2 aliphatic heterocycles. The van der Waals surface area contributed by atoms with Crippen molar-refractivity contribution < 1.29 is 4.74 Å². The zero-order valence-corrected chi connectivity index (χ0v) is 21.4. The van der Waals surface area contributed by atoms with Crippen LogP contribution in [-0.2, 0) is 17.7 Å². The molecule has 9 heteroatoms. The van der Waals surface area contributed by atoms with Crippen LogP contribution in [0.25, 0.3) is 0 Å². The van der Waals surface area contributed by atoms with Gasteiger partial charge in [0.15, 0.2) is 5.96 Å². The number of ether oxygens (including phenoxy) is 1. The SMILES string of the molecule is CCNC(=NCC1(NC(C)c2ccccc2)CCOCC1)NC1CCc2ncnn2C1.I. The standard InChI is InChI=1S/C23H35N7O.HI/c1-3-24-22(28-20-9-10-21-26-17-27-30(21)15-20)25-16-23(11-13-31-14-12-23)29-18(2)19-7-5-4-6-8-19;/h4-8,17-18,20,29H,3,9-16H2,1-2H3,(H2,24,25,28);1H. The predicted molar refractivity (Wildman–Crippen MR) is 137 cm³/mol. The number of aromatic nitrogens is 3. The molecule has 2 atom stereocenters. The summed E-state index contributed by atoms with van der Waals surface area (Å²) in [4.78, 5) is 9.35. The maximum atomic E-state index is 5.68. The minimum atomic E-state index is -0.0680. The Morgan fingerprint density at radius 1 is 1.28 bits per heavy atom. The van der Waals surface area contributed by atoms with Crippen molar-refractivity contribution in [3.63, 3.8) is 0 Å². The first-order valence-electron chi connectivity index (χ1n) is 11.5. The molecular formula is C23H36IN7O. The van der Waals surface area contributed by atoms with Gasteiger partial charge in [0.05, 0.1) is 13.1 Å². The normalized spacial score (nSPS) is 21.2. The summed E-state index contributed by atoms with van der Waals surface area (Å²) >= 11 is 0. The molecule has 4 rings (SSSR count). The van der Waals surface area contributed by atoms with E-state index in [-0.39, 0.29) is 35.6 Å². The molecule has 0 spiro atoms. The predicted octanol–water partition coefficient (Wildman–Crippen LogP) is 2.67. The van der Waals surface area contributed by atoms with Crippen LogP contribution in [0.15, 0.2) is 41.7 Å². The number of aliphatic imine (C=N–C) groups is 1. The third-order valence-corrected chi connectivity index (χ3v) is 6.30. The van der Waals surface area contributed by atoms with Gasteiger partial charge in [0.2, 0.25) is 0 Å². The summed E-state index contributed by atoms with van der Waals surface area (Å²) in [6.45, 7) is 8.24. The smallest absolute Gasteiger partial charge is 0.191 e. The van der Waals surface area contributed by atoms with Crippen molar-refractivity contribution in [1.29, 1.82) is 0 Å². The number of fused-ring (bicyclic) bond motifs is 1. The van der Waals surface area contributed by atoms with E-state index in [1.54, 1.807) is 6.33 Å². The van der Waals surface area contributed by atoms with E-state index in [9.17, 15) is 0 Å². The first kappa shape index (κ1) is 24.9. The zero-order valence-electron chi connectivity index (χ0n) is 19.1. The molecule has 2 unspecified atom stereocenters. The number of hydrogen-bond acceptors (Lipinski definition) is 5. The van der Waals surface area contributed by atoms with E-state index in [1.165, 1.54) is 5.56 Å². The largest absolute Gasteiger partial charge is 0.381 e. The Hall–Kier alpha value is -1.72. The Kier molecular flexibility index (Phi) is 9.30. The molecule has 2 aromatic rings. The molecule has 8 nitrogen and oxygen atoms in total. The van der Waals surface area contributed by atoms with Crippen LogP contribution < -0.4 is 16.0 Å². The number of nitrogens with zero attached hydrogens (tertiary/aromatic N) is 4. The van der Waals surface area contributed by atoms with Crippen LogP contribution in [0.3, 0.4) is 0 Å². The summed E-state index contributed by atoms with van der Waals surface area (Å²) in [5.41, 5.74) is 1.23. The fourth-order valence-corrected chi connectivity index (χ4v) is 4.49. The number of nitrogens with one attached hydrogen (secondary N) is 3. The molecule has 1 aromatic carbocycles.